The van der Waals surface area contributed by atoms with E-state index in [4.69, 9.17) is 24.1 Å². The summed E-state index contributed by atoms with van der Waals surface area (Å²) in [6, 6.07) is 0. The van der Waals surface area contributed by atoms with Gasteiger partial charge in [-0.05, 0) is 12.8 Å². The molecule has 0 unspecified atom stereocenters. The fraction of sp³-hybridized carbons (Fsp3) is 0.765. The minimum atomic E-state index is -0.346. The van der Waals surface area contributed by atoms with Crippen LogP contribution in [0.3, 0.4) is 0 Å². The molecular weight excluding hydrogens is 408 g/mol. The number of hydrogen-bond donors (Lipinski definition) is 0. The molecule has 1 fully saturated rings. The zero-order chi connectivity index (χ0) is 15.8. The van der Waals surface area contributed by atoms with Crippen molar-refractivity contribution in [1.82, 2.24) is 0 Å². The molecule has 0 radical (unpaired) electrons. The molecule has 0 aromatic carbocycles. The number of carbonyl (C=O) groups is 1. The number of carbonyl (C=O) groups excluding carboxylic acids is 1. The van der Waals surface area contributed by atoms with Gasteiger partial charge in [-0.3, -0.25) is 4.79 Å². The Hall–Kier alpha value is 0.673. The third kappa shape index (κ3) is 18.7. The summed E-state index contributed by atoms with van der Waals surface area (Å²) < 4.78 is 5.21. The molecule has 0 N–H and O–H groups in total. The van der Waals surface area contributed by atoms with E-state index in [9.17, 15) is 4.79 Å². The quantitative estimate of drug-likeness (QED) is 0.251. The summed E-state index contributed by atoms with van der Waals surface area (Å²) in [6.45, 7) is 4.76. The fourth-order valence-electron chi connectivity index (χ4n) is 2.36. The van der Waals surface area contributed by atoms with Crippen LogP contribution in [0.25, 0.3) is 0 Å². The van der Waals surface area contributed by atoms with Crippen molar-refractivity contribution in [3.8, 4) is 0 Å². The summed E-state index contributed by atoms with van der Waals surface area (Å²) in [5.74, 6) is 0.431. The van der Waals surface area contributed by atoms with Gasteiger partial charge < -0.3 is 31.4 Å². The number of esters is 1. The van der Waals surface area contributed by atoms with Crippen molar-refractivity contribution in [1.29, 1.82) is 0 Å². The van der Waals surface area contributed by atoms with E-state index in [1.807, 2.05) is 0 Å². The Morgan fingerprint density at radius 2 is 1.64 bits per heavy atom. The van der Waals surface area contributed by atoms with Crippen LogP contribution in [0.4, 0.5) is 0 Å². The Balaban J connectivity index is 0. The van der Waals surface area contributed by atoms with Crippen LogP contribution in [0.2, 0.25) is 0 Å². The third-order valence-corrected chi connectivity index (χ3v) is 3.57. The molecular formula is C17H31Cl2O2Ru-3. The molecule has 0 spiro atoms. The predicted molar refractivity (Wildman–Crippen MR) is 93.0 cm³/mol. The second-order valence-electron chi connectivity index (χ2n) is 5.42. The topological polar surface area (TPSA) is 26.3 Å². The Kier molecular flexibility index (Phi) is 22.3. The molecule has 22 heavy (non-hydrogen) atoms. The molecule has 0 amide bonds. The van der Waals surface area contributed by atoms with Crippen LogP contribution < -0.4 is 0 Å². The fourth-order valence-corrected chi connectivity index (χ4v) is 2.36. The molecule has 1 saturated heterocycles. The van der Waals surface area contributed by atoms with E-state index in [0.717, 1.165) is 25.7 Å². The molecule has 1 atom stereocenters. The summed E-state index contributed by atoms with van der Waals surface area (Å²) >= 11 is -0.346. The number of cyclic esters (lactones) is 1. The maximum absolute atomic E-state index is 11.4. The summed E-state index contributed by atoms with van der Waals surface area (Å²) in [6.07, 6.45) is 14.7. The SMILES string of the molecule is [CH2-][C@H]1[CH-]CCCCCCCCOC(=O)CCCC1.[CH3-].[Cl][Ru][Cl]. The Bertz CT molecular complexity index is 241. The summed E-state index contributed by atoms with van der Waals surface area (Å²) in [5, 5.41) is 0. The monoisotopic (exact) mass is 439 g/mol. The van der Waals surface area contributed by atoms with Crippen molar-refractivity contribution in [3.05, 3.63) is 20.8 Å². The van der Waals surface area contributed by atoms with Crippen molar-refractivity contribution in [2.45, 2.75) is 70.6 Å². The van der Waals surface area contributed by atoms with Crippen LogP contribution in [-0.2, 0) is 24.7 Å². The second-order valence-corrected chi connectivity index (χ2v) is 8.06. The van der Waals surface area contributed by atoms with Gasteiger partial charge in [0.05, 0.1) is 6.61 Å². The van der Waals surface area contributed by atoms with E-state index in [1.54, 1.807) is 0 Å². The van der Waals surface area contributed by atoms with Gasteiger partial charge >= 0.3 is 40.5 Å². The van der Waals surface area contributed by atoms with E-state index in [2.05, 4.69) is 13.3 Å². The van der Waals surface area contributed by atoms with Gasteiger partial charge in [0.15, 0.2) is 0 Å². The van der Waals surface area contributed by atoms with Crippen LogP contribution in [0.15, 0.2) is 0 Å². The van der Waals surface area contributed by atoms with E-state index in [0.29, 0.717) is 18.9 Å². The zero-order valence-corrected chi connectivity index (χ0v) is 17.0. The number of rotatable bonds is 0. The van der Waals surface area contributed by atoms with Crippen LogP contribution >= 0.6 is 19.4 Å². The maximum atomic E-state index is 11.4. The van der Waals surface area contributed by atoms with Crippen molar-refractivity contribution in [2.75, 3.05) is 6.61 Å². The number of ether oxygens (including phenoxy) is 1. The molecule has 2 nitrogen and oxygen atoms in total. The average molecular weight is 439 g/mol. The van der Waals surface area contributed by atoms with Gasteiger partial charge in [0.2, 0.25) is 0 Å². The molecule has 0 aromatic rings. The molecule has 0 aromatic heterocycles. The predicted octanol–water partition coefficient (Wildman–Crippen LogP) is 6.32. The molecule has 0 aliphatic carbocycles. The van der Waals surface area contributed by atoms with Gasteiger partial charge in [0, 0.05) is 6.42 Å². The van der Waals surface area contributed by atoms with Crippen molar-refractivity contribution in [2.24, 2.45) is 5.92 Å². The molecule has 0 bridgehead atoms. The Morgan fingerprint density at radius 3 is 2.32 bits per heavy atom. The normalized spacial score (nSPS) is 22.7. The van der Waals surface area contributed by atoms with E-state index >= 15 is 0 Å². The van der Waals surface area contributed by atoms with Gasteiger partial charge in [-0.2, -0.15) is 6.42 Å². The first-order valence-electron chi connectivity index (χ1n) is 7.88. The second kappa shape index (κ2) is 19.7. The first-order valence-corrected chi connectivity index (χ1v) is 12.4. The molecule has 1 heterocycles. The van der Waals surface area contributed by atoms with E-state index < -0.39 is 0 Å². The molecule has 5 heteroatoms. The van der Waals surface area contributed by atoms with Crippen molar-refractivity contribution < 1.29 is 24.7 Å². The molecule has 1 aliphatic heterocycles. The first-order chi connectivity index (χ1) is 10.2. The molecule has 136 valence electrons. The van der Waals surface area contributed by atoms with Gasteiger partial charge in [0.1, 0.15) is 0 Å². The van der Waals surface area contributed by atoms with Crippen LogP contribution in [0.5, 0.6) is 0 Å². The van der Waals surface area contributed by atoms with Crippen molar-refractivity contribution in [3.63, 3.8) is 0 Å². The Morgan fingerprint density at radius 1 is 1.05 bits per heavy atom. The molecule has 1 aliphatic rings. The number of halogens is 2. The van der Waals surface area contributed by atoms with Gasteiger partial charge in [0.25, 0.3) is 0 Å². The van der Waals surface area contributed by atoms with Gasteiger partial charge in [-0.25, -0.2) is 0 Å². The van der Waals surface area contributed by atoms with Gasteiger partial charge in [-0.1, -0.05) is 38.5 Å². The van der Waals surface area contributed by atoms with E-state index in [1.165, 1.54) is 38.5 Å². The van der Waals surface area contributed by atoms with Crippen LogP contribution in [-0.4, -0.2) is 12.6 Å². The third-order valence-electron chi connectivity index (χ3n) is 3.57. The van der Waals surface area contributed by atoms with Crippen LogP contribution in [0, 0.1) is 26.7 Å². The summed E-state index contributed by atoms with van der Waals surface area (Å²) in [4.78, 5) is 11.4. The zero-order valence-electron chi connectivity index (χ0n) is 13.8. The van der Waals surface area contributed by atoms with E-state index in [-0.39, 0.29) is 28.5 Å². The molecule has 1 rings (SSSR count). The Labute approximate surface area is 153 Å². The number of hydrogen-bond acceptors (Lipinski definition) is 2. The van der Waals surface area contributed by atoms with Crippen LogP contribution in [0.1, 0.15) is 70.6 Å². The standard InChI is InChI=1S/C16H28O2.CH3.2ClH.Ru/c1-15-11-7-5-3-2-4-6-10-14-18-16(17)13-9-8-12-15;;;;/h11,15H,1-10,12-14H2;1H3;2*1H;/q-2;-1;;;+2/p-2/t15-;;;;/m0..../s1. The molecule has 0 saturated carbocycles. The summed E-state index contributed by atoms with van der Waals surface area (Å²) in [7, 11) is 9.71. The van der Waals surface area contributed by atoms with Crippen molar-refractivity contribution >= 4 is 25.4 Å². The average Bonchev–Trinajstić information content (AvgIpc) is 2.45. The minimum absolute atomic E-state index is 0. The summed E-state index contributed by atoms with van der Waals surface area (Å²) in [5.41, 5.74) is 0. The van der Waals surface area contributed by atoms with Gasteiger partial charge in [-0.15, -0.1) is 6.42 Å². The first kappa shape index (κ1) is 24.9.